The average Bonchev–Trinajstić information content (AvgIpc) is 2.30. The molecule has 0 radical (unpaired) electrons. The Labute approximate surface area is 127 Å². The van der Waals surface area contributed by atoms with E-state index in [1.807, 2.05) is 0 Å². The first kappa shape index (κ1) is 16.7. The third-order valence-electron chi connectivity index (χ3n) is 2.58. The minimum atomic E-state index is -0.474. The Balaban J connectivity index is 2.63. The normalized spacial score (nSPS) is 12.0. The van der Waals surface area contributed by atoms with Crippen molar-refractivity contribution in [3.8, 4) is 5.75 Å². The maximum absolute atomic E-state index is 13.4. The molecule has 0 aliphatic rings. The number of hydrogen-bond acceptors (Lipinski definition) is 2. The van der Waals surface area contributed by atoms with Crippen LogP contribution in [0.2, 0.25) is 5.02 Å². The van der Waals surface area contributed by atoms with E-state index < -0.39 is 5.82 Å². The van der Waals surface area contributed by atoms with E-state index in [1.54, 1.807) is 0 Å². The quantitative estimate of drug-likeness (QED) is 0.753. The van der Waals surface area contributed by atoms with Gasteiger partial charge in [0.1, 0.15) is 11.6 Å². The van der Waals surface area contributed by atoms with E-state index in [9.17, 15) is 4.39 Å². The van der Waals surface area contributed by atoms with Crippen LogP contribution in [0.5, 0.6) is 5.75 Å². The Bertz CT molecular complexity index is 438. The van der Waals surface area contributed by atoms with Crippen molar-refractivity contribution in [1.29, 1.82) is 0 Å². The Kier molecular flexibility index (Phi) is 6.09. The summed E-state index contributed by atoms with van der Waals surface area (Å²) in [5.74, 6) is -0.00231. The molecule has 19 heavy (non-hydrogen) atoms. The predicted octanol–water partition coefficient (Wildman–Crippen LogP) is 4.64. The molecule has 1 aromatic carbocycles. The van der Waals surface area contributed by atoms with Crippen molar-refractivity contribution in [2.24, 2.45) is 5.41 Å². The molecule has 0 heterocycles. The van der Waals surface area contributed by atoms with Crippen molar-refractivity contribution in [3.63, 3.8) is 0 Å². The highest BCUT2D eigenvalue weighted by atomic mass is 79.9. The Hall–Kier alpha value is -0.320. The number of benzene rings is 1. The van der Waals surface area contributed by atoms with Crippen LogP contribution in [0.15, 0.2) is 16.6 Å². The Morgan fingerprint density at radius 2 is 2.05 bits per heavy atom. The summed E-state index contributed by atoms with van der Waals surface area (Å²) in [6.45, 7) is 9.72. The van der Waals surface area contributed by atoms with Gasteiger partial charge in [-0.25, -0.2) is 4.39 Å². The molecule has 2 nitrogen and oxygen atoms in total. The third kappa shape index (κ3) is 5.67. The van der Waals surface area contributed by atoms with Crippen LogP contribution in [-0.4, -0.2) is 19.2 Å². The predicted molar refractivity (Wildman–Crippen MR) is 81.5 cm³/mol. The first-order chi connectivity index (χ1) is 8.71. The standard InChI is InChI=1S/C14H20BrClFNO/c1-9(2)18-7-14(3,4)8-19-13-6-12(17)11(16)5-10(13)15/h5-6,9,18H,7-8H2,1-4H3. The zero-order valence-electron chi connectivity index (χ0n) is 11.7. The average molecular weight is 353 g/mol. The molecule has 0 bridgehead atoms. The third-order valence-corrected chi connectivity index (χ3v) is 3.49. The van der Waals surface area contributed by atoms with Gasteiger partial charge in [0.05, 0.1) is 16.1 Å². The van der Waals surface area contributed by atoms with Crippen LogP contribution in [-0.2, 0) is 0 Å². The van der Waals surface area contributed by atoms with Crippen LogP contribution in [0.1, 0.15) is 27.7 Å². The molecular formula is C14H20BrClFNO. The molecule has 0 aromatic heterocycles. The van der Waals surface area contributed by atoms with Gasteiger partial charge in [-0.3, -0.25) is 0 Å². The smallest absolute Gasteiger partial charge is 0.145 e. The van der Waals surface area contributed by atoms with Crippen molar-refractivity contribution >= 4 is 27.5 Å². The SMILES string of the molecule is CC(C)NCC(C)(C)COc1cc(F)c(Cl)cc1Br. The number of ether oxygens (including phenoxy) is 1. The molecule has 1 rings (SSSR count). The van der Waals surface area contributed by atoms with E-state index in [0.717, 1.165) is 6.54 Å². The summed E-state index contributed by atoms with van der Waals surface area (Å²) in [5, 5.41) is 3.45. The summed E-state index contributed by atoms with van der Waals surface area (Å²) < 4.78 is 19.7. The first-order valence-electron chi connectivity index (χ1n) is 6.22. The van der Waals surface area contributed by atoms with Gasteiger partial charge in [0.25, 0.3) is 0 Å². The number of halogens is 3. The summed E-state index contributed by atoms with van der Waals surface area (Å²) >= 11 is 9.01. The lowest BCUT2D eigenvalue weighted by Crippen LogP contribution is -2.37. The van der Waals surface area contributed by atoms with E-state index >= 15 is 0 Å². The second-order valence-corrected chi connectivity index (χ2v) is 6.95. The maximum Gasteiger partial charge on any atom is 0.145 e. The van der Waals surface area contributed by atoms with Gasteiger partial charge >= 0.3 is 0 Å². The lowest BCUT2D eigenvalue weighted by Gasteiger charge is -2.26. The van der Waals surface area contributed by atoms with Crippen LogP contribution < -0.4 is 10.1 Å². The van der Waals surface area contributed by atoms with Crippen LogP contribution in [0.25, 0.3) is 0 Å². The second-order valence-electron chi connectivity index (χ2n) is 5.69. The van der Waals surface area contributed by atoms with Crippen LogP contribution in [0.4, 0.5) is 4.39 Å². The second kappa shape index (κ2) is 6.91. The van der Waals surface area contributed by atoms with Crippen LogP contribution >= 0.6 is 27.5 Å². The van der Waals surface area contributed by atoms with Crippen molar-refractivity contribution in [3.05, 3.63) is 27.4 Å². The molecule has 5 heteroatoms. The van der Waals surface area contributed by atoms with Crippen LogP contribution in [0.3, 0.4) is 0 Å². The van der Waals surface area contributed by atoms with Gasteiger partial charge in [-0.15, -0.1) is 0 Å². The summed E-state index contributed by atoms with van der Waals surface area (Å²) in [6.07, 6.45) is 0. The molecule has 0 amide bonds. The van der Waals surface area contributed by atoms with Gasteiger partial charge in [0, 0.05) is 24.1 Å². The number of nitrogens with one attached hydrogen (secondary N) is 1. The zero-order chi connectivity index (χ0) is 14.6. The molecule has 0 fully saturated rings. The largest absolute Gasteiger partial charge is 0.492 e. The lowest BCUT2D eigenvalue weighted by atomic mass is 9.94. The summed E-state index contributed by atoms with van der Waals surface area (Å²) in [6, 6.07) is 3.24. The van der Waals surface area contributed by atoms with E-state index in [1.165, 1.54) is 12.1 Å². The molecule has 108 valence electrons. The first-order valence-corrected chi connectivity index (χ1v) is 7.39. The minimum Gasteiger partial charge on any atom is -0.492 e. The molecule has 0 aliphatic heterocycles. The maximum atomic E-state index is 13.4. The van der Waals surface area contributed by atoms with Gasteiger partial charge in [-0.1, -0.05) is 39.3 Å². The molecular weight excluding hydrogens is 333 g/mol. The van der Waals surface area contributed by atoms with Crippen molar-refractivity contribution in [2.45, 2.75) is 33.7 Å². The van der Waals surface area contributed by atoms with Gasteiger partial charge in [0.15, 0.2) is 0 Å². The zero-order valence-corrected chi connectivity index (χ0v) is 14.0. The van der Waals surface area contributed by atoms with Gasteiger partial charge in [-0.05, 0) is 22.0 Å². The Morgan fingerprint density at radius 3 is 2.63 bits per heavy atom. The van der Waals surface area contributed by atoms with E-state index in [0.29, 0.717) is 22.9 Å². The molecule has 0 atom stereocenters. The monoisotopic (exact) mass is 351 g/mol. The van der Waals surface area contributed by atoms with E-state index in [4.69, 9.17) is 16.3 Å². The molecule has 0 saturated carbocycles. The molecule has 0 unspecified atom stereocenters. The highest BCUT2D eigenvalue weighted by Crippen LogP contribution is 2.31. The number of hydrogen-bond donors (Lipinski definition) is 1. The van der Waals surface area contributed by atoms with Crippen molar-refractivity contribution in [1.82, 2.24) is 5.32 Å². The Morgan fingerprint density at radius 1 is 1.42 bits per heavy atom. The topological polar surface area (TPSA) is 21.3 Å². The summed E-state index contributed by atoms with van der Waals surface area (Å²) in [5.41, 5.74) is -0.0418. The highest BCUT2D eigenvalue weighted by molar-refractivity contribution is 9.10. The van der Waals surface area contributed by atoms with Crippen LogP contribution in [0, 0.1) is 11.2 Å². The van der Waals surface area contributed by atoms with Gasteiger partial charge in [-0.2, -0.15) is 0 Å². The van der Waals surface area contributed by atoms with E-state index in [2.05, 4.69) is 48.9 Å². The number of rotatable bonds is 6. The van der Waals surface area contributed by atoms with Gasteiger partial charge < -0.3 is 10.1 Å². The molecule has 0 spiro atoms. The fourth-order valence-corrected chi connectivity index (χ4v) is 2.17. The molecule has 1 aromatic rings. The summed E-state index contributed by atoms with van der Waals surface area (Å²) in [4.78, 5) is 0. The summed E-state index contributed by atoms with van der Waals surface area (Å²) in [7, 11) is 0. The van der Waals surface area contributed by atoms with Crippen molar-refractivity contribution in [2.75, 3.05) is 13.2 Å². The molecule has 1 N–H and O–H groups in total. The van der Waals surface area contributed by atoms with Gasteiger partial charge in [0.2, 0.25) is 0 Å². The minimum absolute atomic E-state index is 0.0418. The fourth-order valence-electron chi connectivity index (χ4n) is 1.42. The highest BCUT2D eigenvalue weighted by Gasteiger charge is 2.20. The molecule has 0 saturated heterocycles. The lowest BCUT2D eigenvalue weighted by molar-refractivity contribution is 0.172. The van der Waals surface area contributed by atoms with Crippen molar-refractivity contribution < 1.29 is 9.13 Å². The molecule has 0 aliphatic carbocycles. The van der Waals surface area contributed by atoms with E-state index in [-0.39, 0.29) is 10.4 Å². The fraction of sp³-hybridized carbons (Fsp3) is 0.571.